The average Bonchev–Trinajstić information content (AvgIpc) is 2.36. The number of hydrogen-bond acceptors (Lipinski definition) is 4. The molecule has 0 aliphatic rings. The first-order valence-corrected chi connectivity index (χ1v) is 8.02. The predicted octanol–water partition coefficient (Wildman–Crippen LogP) is 4.75. The van der Waals surface area contributed by atoms with Gasteiger partial charge in [-0.15, -0.1) is 4.52 Å². The SMILES string of the molecule is CCCCCCCCCCCC(=O)O[P+](=O)OC. The highest BCUT2D eigenvalue weighted by Gasteiger charge is 2.23. The molecule has 0 heterocycles. The second kappa shape index (κ2) is 13.0. The Morgan fingerprint density at radius 2 is 1.44 bits per heavy atom. The molecule has 5 heteroatoms. The Morgan fingerprint density at radius 3 is 1.94 bits per heavy atom. The lowest BCUT2D eigenvalue weighted by Crippen LogP contribution is -1.98. The summed E-state index contributed by atoms with van der Waals surface area (Å²) in [6, 6.07) is 0. The summed E-state index contributed by atoms with van der Waals surface area (Å²) in [6.07, 6.45) is 11.2. The van der Waals surface area contributed by atoms with Gasteiger partial charge in [-0.25, -0.2) is 4.79 Å². The van der Waals surface area contributed by atoms with Crippen molar-refractivity contribution in [3.05, 3.63) is 0 Å². The van der Waals surface area contributed by atoms with Crippen LogP contribution in [0.2, 0.25) is 0 Å². The zero-order valence-corrected chi connectivity index (χ0v) is 12.5. The standard InChI is InChI=1S/C13H26O4P/c1-3-4-5-6-7-8-9-10-11-12-13(14)17-18(15)16-2/h3-12H2,1-2H3/q+1. The quantitative estimate of drug-likeness (QED) is 0.381. The fraction of sp³-hybridized carbons (Fsp3) is 0.923. The van der Waals surface area contributed by atoms with Crippen LogP contribution in [0.15, 0.2) is 0 Å². The average molecular weight is 277 g/mol. The molecule has 0 aromatic heterocycles. The van der Waals surface area contributed by atoms with E-state index < -0.39 is 14.2 Å². The Labute approximate surface area is 111 Å². The Hall–Kier alpha value is -0.470. The lowest BCUT2D eigenvalue weighted by atomic mass is 10.1. The van der Waals surface area contributed by atoms with Crippen LogP contribution in [0.3, 0.4) is 0 Å². The van der Waals surface area contributed by atoms with E-state index in [0.29, 0.717) is 6.42 Å². The number of hydrogen-bond donors (Lipinski definition) is 0. The highest BCUT2D eigenvalue weighted by molar-refractivity contribution is 7.34. The highest BCUT2D eigenvalue weighted by Crippen LogP contribution is 2.23. The highest BCUT2D eigenvalue weighted by atomic mass is 31.1. The van der Waals surface area contributed by atoms with E-state index in [1.807, 2.05) is 0 Å². The van der Waals surface area contributed by atoms with Crippen molar-refractivity contribution in [2.45, 2.75) is 71.1 Å². The minimum atomic E-state index is -2.25. The fourth-order valence-electron chi connectivity index (χ4n) is 1.75. The molecule has 0 aromatic carbocycles. The zero-order valence-electron chi connectivity index (χ0n) is 11.7. The first kappa shape index (κ1) is 17.5. The van der Waals surface area contributed by atoms with Crippen molar-refractivity contribution in [1.29, 1.82) is 0 Å². The van der Waals surface area contributed by atoms with Crippen LogP contribution < -0.4 is 0 Å². The number of carbonyl (C=O) groups is 1. The topological polar surface area (TPSA) is 52.6 Å². The van der Waals surface area contributed by atoms with Crippen LogP contribution in [-0.4, -0.2) is 13.1 Å². The number of unbranched alkanes of at least 4 members (excludes halogenated alkanes) is 8. The van der Waals surface area contributed by atoms with Gasteiger partial charge in [-0.2, -0.15) is 4.52 Å². The van der Waals surface area contributed by atoms with Gasteiger partial charge in [0.1, 0.15) is 0 Å². The molecule has 0 amide bonds. The van der Waals surface area contributed by atoms with E-state index in [9.17, 15) is 9.36 Å². The minimum absolute atomic E-state index is 0.334. The molecule has 0 N–H and O–H groups in total. The second-order valence-electron chi connectivity index (χ2n) is 4.45. The molecule has 0 radical (unpaired) electrons. The maximum Gasteiger partial charge on any atom is 0.752 e. The summed E-state index contributed by atoms with van der Waals surface area (Å²) in [5.74, 6) is -0.430. The van der Waals surface area contributed by atoms with E-state index in [4.69, 9.17) is 0 Å². The number of rotatable bonds is 12. The summed E-state index contributed by atoms with van der Waals surface area (Å²) >= 11 is 0. The molecule has 0 aliphatic heterocycles. The van der Waals surface area contributed by atoms with Crippen molar-refractivity contribution in [3.63, 3.8) is 0 Å². The molecule has 0 saturated heterocycles. The molecule has 0 aliphatic carbocycles. The van der Waals surface area contributed by atoms with E-state index in [2.05, 4.69) is 16.0 Å². The molecule has 0 aromatic rings. The van der Waals surface area contributed by atoms with Crippen LogP contribution in [0.25, 0.3) is 0 Å². The van der Waals surface area contributed by atoms with Crippen LogP contribution >= 0.6 is 8.25 Å². The van der Waals surface area contributed by atoms with E-state index in [1.165, 1.54) is 45.6 Å². The third-order valence-corrected chi connectivity index (χ3v) is 3.46. The van der Waals surface area contributed by atoms with Crippen molar-refractivity contribution in [1.82, 2.24) is 0 Å². The molecule has 0 rings (SSSR count). The van der Waals surface area contributed by atoms with Gasteiger partial charge in [0, 0.05) is 4.57 Å². The van der Waals surface area contributed by atoms with Crippen molar-refractivity contribution in [2.75, 3.05) is 7.11 Å². The molecular weight excluding hydrogens is 251 g/mol. The van der Waals surface area contributed by atoms with Gasteiger partial charge in [-0.3, -0.25) is 0 Å². The van der Waals surface area contributed by atoms with Gasteiger partial charge in [-0.05, 0) is 6.42 Å². The maximum absolute atomic E-state index is 11.1. The van der Waals surface area contributed by atoms with E-state index in [-0.39, 0.29) is 0 Å². The monoisotopic (exact) mass is 277 g/mol. The third-order valence-electron chi connectivity index (χ3n) is 2.81. The minimum Gasteiger partial charge on any atom is -0.247 e. The normalized spacial score (nSPS) is 11.3. The van der Waals surface area contributed by atoms with Crippen molar-refractivity contribution >= 4 is 14.2 Å². The van der Waals surface area contributed by atoms with Gasteiger partial charge in [-0.1, -0.05) is 58.3 Å². The molecule has 1 atom stereocenters. The van der Waals surface area contributed by atoms with Crippen LogP contribution in [-0.2, 0) is 18.4 Å². The molecule has 0 fully saturated rings. The molecular formula is C13H26O4P+. The van der Waals surface area contributed by atoms with Gasteiger partial charge in [0.2, 0.25) is 0 Å². The molecule has 18 heavy (non-hydrogen) atoms. The lowest BCUT2D eigenvalue weighted by molar-refractivity contribution is -0.134. The summed E-state index contributed by atoms with van der Waals surface area (Å²) in [6.45, 7) is 2.22. The Kier molecular flexibility index (Phi) is 12.6. The van der Waals surface area contributed by atoms with E-state index in [1.54, 1.807) is 0 Å². The van der Waals surface area contributed by atoms with Crippen molar-refractivity contribution in [3.8, 4) is 0 Å². The molecule has 0 saturated carbocycles. The zero-order chi connectivity index (χ0) is 13.6. The Balaban J connectivity index is 3.20. The van der Waals surface area contributed by atoms with Crippen LogP contribution in [0, 0.1) is 0 Å². The van der Waals surface area contributed by atoms with Gasteiger partial charge >= 0.3 is 14.2 Å². The van der Waals surface area contributed by atoms with Gasteiger partial charge in [0.25, 0.3) is 0 Å². The maximum atomic E-state index is 11.1. The van der Waals surface area contributed by atoms with Gasteiger partial charge in [0.05, 0.1) is 13.5 Å². The molecule has 0 spiro atoms. The first-order chi connectivity index (χ1) is 8.70. The van der Waals surface area contributed by atoms with E-state index >= 15 is 0 Å². The largest absolute Gasteiger partial charge is 0.752 e. The van der Waals surface area contributed by atoms with E-state index in [0.717, 1.165) is 19.3 Å². The summed E-state index contributed by atoms with van der Waals surface area (Å²) in [4.78, 5) is 11.1. The Morgan fingerprint density at radius 1 is 0.944 bits per heavy atom. The predicted molar refractivity (Wildman–Crippen MR) is 72.6 cm³/mol. The first-order valence-electron chi connectivity index (χ1n) is 6.92. The van der Waals surface area contributed by atoms with Gasteiger partial charge in [0.15, 0.2) is 0 Å². The Bertz CT molecular complexity index is 231. The fourth-order valence-corrected chi connectivity index (χ4v) is 2.08. The van der Waals surface area contributed by atoms with Gasteiger partial charge < -0.3 is 0 Å². The van der Waals surface area contributed by atoms with Crippen molar-refractivity contribution < 1.29 is 18.4 Å². The molecule has 106 valence electrons. The summed E-state index contributed by atoms with van der Waals surface area (Å²) in [5.41, 5.74) is 0. The number of carbonyl (C=O) groups excluding carboxylic acids is 1. The molecule has 1 unspecified atom stereocenters. The van der Waals surface area contributed by atoms with Crippen LogP contribution in [0.1, 0.15) is 71.1 Å². The summed E-state index contributed by atoms with van der Waals surface area (Å²) in [5, 5.41) is 0. The molecule has 4 nitrogen and oxygen atoms in total. The van der Waals surface area contributed by atoms with Crippen LogP contribution in [0.5, 0.6) is 0 Å². The summed E-state index contributed by atoms with van der Waals surface area (Å²) in [7, 11) is -0.999. The molecule has 0 bridgehead atoms. The van der Waals surface area contributed by atoms with Crippen LogP contribution in [0.4, 0.5) is 0 Å². The lowest BCUT2D eigenvalue weighted by Gasteiger charge is -2.00. The van der Waals surface area contributed by atoms with Crippen molar-refractivity contribution in [2.24, 2.45) is 0 Å². The smallest absolute Gasteiger partial charge is 0.247 e. The second-order valence-corrected chi connectivity index (χ2v) is 5.44. The third kappa shape index (κ3) is 12.0. The summed E-state index contributed by atoms with van der Waals surface area (Å²) < 4.78 is 19.7.